The van der Waals surface area contributed by atoms with Gasteiger partial charge >= 0.3 is 0 Å². The molecular weight excluding hydrogens is 174 g/mol. The predicted molar refractivity (Wildman–Crippen MR) is 56.2 cm³/mol. The standard InChI is InChI=1S/C12H21NO/c1-2-11(14-5-1)8-13-12-7-9-3-4-10(12)6-9/h9-13H,1-8H2/t9-,10-,11+,12+/m0/s1. The topological polar surface area (TPSA) is 21.3 Å². The maximum atomic E-state index is 5.63. The van der Waals surface area contributed by atoms with E-state index in [9.17, 15) is 0 Å². The van der Waals surface area contributed by atoms with Gasteiger partial charge in [-0.3, -0.25) is 0 Å². The van der Waals surface area contributed by atoms with Crippen LogP contribution in [0.1, 0.15) is 38.5 Å². The van der Waals surface area contributed by atoms with E-state index in [2.05, 4.69) is 5.32 Å². The molecule has 3 fully saturated rings. The third kappa shape index (κ3) is 1.70. The Bertz CT molecular complexity index is 200. The van der Waals surface area contributed by atoms with Crippen LogP contribution in [0.2, 0.25) is 0 Å². The summed E-state index contributed by atoms with van der Waals surface area (Å²) in [6, 6.07) is 0.831. The van der Waals surface area contributed by atoms with Gasteiger partial charge in [-0.15, -0.1) is 0 Å². The van der Waals surface area contributed by atoms with E-state index in [4.69, 9.17) is 4.74 Å². The van der Waals surface area contributed by atoms with E-state index in [1.807, 2.05) is 0 Å². The lowest BCUT2D eigenvalue weighted by atomic mass is 9.95. The Morgan fingerprint density at radius 3 is 2.79 bits per heavy atom. The van der Waals surface area contributed by atoms with E-state index < -0.39 is 0 Å². The molecule has 0 unspecified atom stereocenters. The van der Waals surface area contributed by atoms with Gasteiger partial charge in [0.2, 0.25) is 0 Å². The fourth-order valence-corrected chi connectivity index (χ4v) is 3.58. The summed E-state index contributed by atoms with van der Waals surface area (Å²) in [5.74, 6) is 2.06. The van der Waals surface area contributed by atoms with Crippen molar-refractivity contribution in [2.75, 3.05) is 13.2 Å². The van der Waals surface area contributed by atoms with Crippen molar-refractivity contribution >= 4 is 0 Å². The Morgan fingerprint density at radius 1 is 1.14 bits per heavy atom. The summed E-state index contributed by atoms with van der Waals surface area (Å²) in [5.41, 5.74) is 0. The Hall–Kier alpha value is -0.0800. The number of hydrogen-bond donors (Lipinski definition) is 1. The Balaban J connectivity index is 1.44. The monoisotopic (exact) mass is 195 g/mol. The average molecular weight is 195 g/mol. The largest absolute Gasteiger partial charge is 0.377 e. The van der Waals surface area contributed by atoms with Crippen molar-refractivity contribution in [3.05, 3.63) is 0 Å². The van der Waals surface area contributed by atoms with Crippen LogP contribution < -0.4 is 5.32 Å². The van der Waals surface area contributed by atoms with Crippen molar-refractivity contribution < 1.29 is 4.74 Å². The zero-order valence-corrected chi connectivity index (χ0v) is 8.87. The first-order valence-corrected chi connectivity index (χ1v) is 6.27. The summed E-state index contributed by atoms with van der Waals surface area (Å²) in [7, 11) is 0. The first-order chi connectivity index (χ1) is 6.92. The molecule has 0 amide bonds. The van der Waals surface area contributed by atoms with Gasteiger partial charge in [0.25, 0.3) is 0 Å². The molecule has 3 rings (SSSR count). The minimum absolute atomic E-state index is 0.522. The van der Waals surface area contributed by atoms with Crippen LogP contribution in [0, 0.1) is 11.8 Å². The molecule has 14 heavy (non-hydrogen) atoms. The van der Waals surface area contributed by atoms with Crippen molar-refractivity contribution in [2.24, 2.45) is 11.8 Å². The highest BCUT2D eigenvalue weighted by molar-refractivity contribution is 4.94. The number of fused-ring (bicyclic) bond motifs is 2. The minimum atomic E-state index is 0.522. The van der Waals surface area contributed by atoms with Gasteiger partial charge in [0.15, 0.2) is 0 Å². The third-order valence-corrected chi connectivity index (χ3v) is 4.37. The normalized spacial score (nSPS) is 46.3. The first-order valence-electron chi connectivity index (χ1n) is 6.27. The lowest BCUT2D eigenvalue weighted by Crippen LogP contribution is -2.38. The first kappa shape index (κ1) is 9.17. The molecule has 0 aromatic carbocycles. The summed E-state index contributed by atoms with van der Waals surface area (Å²) in [4.78, 5) is 0. The summed E-state index contributed by atoms with van der Waals surface area (Å²) in [6.07, 6.45) is 8.99. The lowest BCUT2D eigenvalue weighted by Gasteiger charge is -2.24. The molecule has 2 nitrogen and oxygen atoms in total. The number of ether oxygens (including phenoxy) is 1. The fourth-order valence-electron chi connectivity index (χ4n) is 3.58. The van der Waals surface area contributed by atoms with Gasteiger partial charge in [-0.25, -0.2) is 0 Å². The quantitative estimate of drug-likeness (QED) is 0.743. The highest BCUT2D eigenvalue weighted by Crippen LogP contribution is 2.44. The SMILES string of the molecule is C1CO[C@@H](CN[C@@H]2C[C@H]3CC[C@H]2C3)C1. The van der Waals surface area contributed by atoms with Crippen LogP contribution in [0.5, 0.6) is 0 Å². The van der Waals surface area contributed by atoms with Gasteiger partial charge < -0.3 is 10.1 Å². The summed E-state index contributed by atoms with van der Waals surface area (Å²) in [6.45, 7) is 2.09. The van der Waals surface area contributed by atoms with E-state index in [0.29, 0.717) is 6.10 Å². The van der Waals surface area contributed by atoms with Crippen LogP contribution in [-0.4, -0.2) is 25.3 Å². The molecule has 1 saturated heterocycles. The van der Waals surface area contributed by atoms with Crippen LogP contribution in [0.25, 0.3) is 0 Å². The Morgan fingerprint density at radius 2 is 2.14 bits per heavy atom. The molecular formula is C12H21NO. The second-order valence-electron chi connectivity index (χ2n) is 5.32. The molecule has 2 heteroatoms. The van der Waals surface area contributed by atoms with Crippen molar-refractivity contribution in [2.45, 2.75) is 50.7 Å². The molecule has 2 aliphatic carbocycles. The molecule has 1 N–H and O–H groups in total. The molecule has 1 aliphatic heterocycles. The van der Waals surface area contributed by atoms with E-state index in [1.165, 1.54) is 38.5 Å². The van der Waals surface area contributed by atoms with Crippen molar-refractivity contribution in [3.8, 4) is 0 Å². The van der Waals surface area contributed by atoms with Crippen LogP contribution >= 0.6 is 0 Å². The van der Waals surface area contributed by atoms with Crippen LogP contribution in [-0.2, 0) is 4.74 Å². The van der Waals surface area contributed by atoms with Crippen molar-refractivity contribution in [1.82, 2.24) is 5.32 Å². The molecule has 80 valence electrons. The molecule has 3 aliphatic rings. The Labute approximate surface area is 86.4 Å². The van der Waals surface area contributed by atoms with Gasteiger partial charge in [-0.1, -0.05) is 6.42 Å². The lowest BCUT2D eigenvalue weighted by molar-refractivity contribution is 0.105. The predicted octanol–water partition coefficient (Wildman–Crippen LogP) is 1.94. The number of rotatable bonds is 3. The second kappa shape index (κ2) is 3.82. The maximum Gasteiger partial charge on any atom is 0.0700 e. The molecule has 2 saturated carbocycles. The molecule has 0 aromatic rings. The van der Waals surface area contributed by atoms with E-state index in [-0.39, 0.29) is 0 Å². The molecule has 1 heterocycles. The molecule has 2 bridgehead atoms. The fraction of sp³-hybridized carbons (Fsp3) is 1.00. The number of nitrogens with one attached hydrogen (secondary N) is 1. The molecule has 0 aromatic heterocycles. The molecule has 4 atom stereocenters. The zero-order chi connectivity index (χ0) is 9.38. The summed E-state index contributed by atoms with van der Waals surface area (Å²) < 4.78 is 5.63. The highest BCUT2D eigenvalue weighted by Gasteiger charge is 2.39. The molecule has 0 spiro atoms. The average Bonchev–Trinajstić information content (AvgIpc) is 2.91. The van der Waals surface area contributed by atoms with Gasteiger partial charge in [0, 0.05) is 19.2 Å². The van der Waals surface area contributed by atoms with Crippen molar-refractivity contribution in [3.63, 3.8) is 0 Å². The van der Waals surface area contributed by atoms with E-state index in [1.54, 1.807) is 0 Å². The van der Waals surface area contributed by atoms with Crippen LogP contribution in [0.4, 0.5) is 0 Å². The van der Waals surface area contributed by atoms with Gasteiger partial charge in [-0.2, -0.15) is 0 Å². The summed E-state index contributed by atoms with van der Waals surface area (Å²) >= 11 is 0. The van der Waals surface area contributed by atoms with E-state index in [0.717, 1.165) is 31.0 Å². The van der Waals surface area contributed by atoms with Crippen molar-refractivity contribution in [1.29, 1.82) is 0 Å². The zero-order valence-electron chi connectivity index (χ0n) is 8.87. The van der Waals surface area contributed by atoms with E-state index >= 15 is 0 Å². The smallest absolute Gasteiger partial charge is 0.0700 e. The minimum Gasteiger partial charge on any atom is -0.377 e. The third-order valence-electron chi connectivity index (χ3n) is 4.37. The maximum absolute atomic E-state index is 5.63. The molecule has 0 radical (unpaired) electrons. The number of hydrogen-bond acceptors (Lipinski definition) is 2. The van der Waals surface area contributed by atoms with Gasteiger partial charge in [-0.05, 0) is 43.9 Å². The van der Waals surface area contributed by atoms with Gasteiger partial charge in [0.1, 0.15) is 0 Å². The van der Waals surface area contributed by atoms with Gasteiger partial charge in [0.05, 0.1) is 6.10 Å². The second-order valence-corrected chi connectivity index (χ2v) is 5.32. The van der Waals surface area contributed by atoms with Crippen LogP contribution in [0.15, 0.2) is 0 Å². The van der Waals surface area contributed by atoms with Crippen LogP contribution in [0.3, 0.4) is 0 Å². The highest BCUT2D eigenvalue weighted by atomic mass is 16.5. The Kier molecular flexibility index (Phi) is 2.50. The summed E-state index contributed by atoms with van der Waals surface area (Å²) in [5, 5.41) is 3.73.